The van der Waals surface area contributed by atoms with E-state index >= 15 is 0 Å². The molecule has 320 valence electrons. The highest BCUT2D eigenvalue weighted by atomic mass is 16.5. The normalized spacial score (nSPS) is 11.5. The highest BCUT2D eigenvalue weighted by Crippen LogP contribution is 2.14. The van der Waals surface area contributed by atoms with Crippen molar-refractivity contribution in [2.45, 2.75) is 141 Å². The second kappa shape index (κ2) is 38.9. The highest BCUT2D eigenvalue weighted by molar-refractivity contribution is 5.84. The summed E-state index contributed by atoms with van der Waals surface area (Å²) in [6.07, 6.45) is 17.5. The van der Waals surface area contributed by atoms with E-state index in [1.807, 2.05) is 6.92 Å². The van der Waals surface area contributed by atoms with Gasteiger partial charge in [-0.15, -0.1) is 0 Å². The standard InChI is InChI=1S/C39H72N4O12/c1-2-3-22-40-36(46)31-54-29-28-53-26-24-42-37(47)32-55-30-27-52-25-23-41-34(44)21-20-33(39(50)51)43-35(45)18-16-14-12-10-8-6-4-5-7-9-11-13-15-17-19-38(48)49/h33H,2-32H2,1H3,(H,40,46)(H,41,44)(H,42,47)(H,43,45)(H,48,49)(H,50,51). The molecule has 0 bridgehead atoms. The topological polar surface area (TPSA) is 228 Å². The largest absolute Gasteiger partial charge is 0.481 e. The summed E-state index contributed by atoms with van der Waals surface area (Å²) in [5.74, 6) is -3.01. The van der Waals surface area contributed by atoms with Crippen LogP contribution in [0.1, 0.15) is 135 Å². The van der Waals surface area contributed by atoms with E-state index in [2.05, 4.69) is 21.3 Å². The molecule has 0 radical (unpaired) electrons. The maximum absolute atomic E-state index is 12.3. The van der Waals surface area contributed by atoms with Crippen molar-refractivity contribution in [2.24, 2.45) is 0 Å². The van der Waals surface area contributed by atoms with E-state index in [1.54, 1.807) is 0 Å². The van der Waals surface area contributed by atoms with Gasteiger partial charge < -0.3 is 50.4 Å². The lowest BCUT2D eigenvalue weighted by atomic mass is 10.0. The number of ether oxygens (including phenoxy) is 4. The number of hydrogen-bond donors (Lipinski definition) is 6. The monoisotopic (exact) mass is 789 g/mol. The molecule has 0 rings (SSSR count). The maximum atomic E-state index is 12.3. The minimum Gasteiger partial charge on any atom is -0.481 e. The quantitative estimate of drug-likeness (QED) is 0.0486. The van der Waals surface area contributed by atoms with Gasteiger partial charge in [0, 0.05) is 38.9 Å². The second-order valence-electron chi connectivity index (χ2n) is 13.6. The van der Waals surface area contributed by atoms with E-state index in [-0.39, 0.29) is 95.5 Å². The molecule has 0 aromatic heterocycles. The van der Waals surface area contributed by atoms with E-state index in [0.717, 1.165) is 51.4 Å². The first kappa shape index (κ1) is 51.7. The molecule has 0 spiro atoms. The van der Waals surface area contributed by atoms with Crippen molar-refractivity contribution in [1.29, 1.82) is 0 Å². The van der Waals surface area contributed by atoms with E-state index < -0.39 is 18.0 Å². The predicted molar refractivity (Wildman–Crippen MR) is 208 cm³/mol. The first-order valence-electron chi connectivity index (χ1n) is 20.5. The van der Waals surface area contributed by atoms with Gasteiger partial charge in [0.25, 0.3) is 0 Å². The van der Waals surface area contributed by atoms with Gasteiger partial charge in [-0.3, -0.25) is 24.0 Å². The average molecular weight is 789 g/mol. The Balaban J connectivity index is 3.65. The fraction of sp³-hybridized carbons (Fsp3) is 0.846. The Morgan fingerprint density at radius 2 is 0.873 bits per heavy atom. The number of carbonyl (C=O) groups excluding carboxylic acids is 4. The van der Waals surface area contributed by atoms with Gasteiger partial charge in [0.2, 0.25) is 23.6 Å². The van der Waals surface area contributed by atoms with E-state index in [4.69, 9.17) is 24.1 Å². The number of amides is 4. The minimum atomic E-state index is -1.18. The van der Waals surface area contributed by atoms with Crippen molar-refractivity contribution in [3.8, 4) is 0 Å². The van der Waals surface area contributed by atoms with Crippen LogP contribution in [-0.4, -0.2) is 124 Å². The van der Waals surface area contributed by atoms with Crippen LogP contribution in [0.4, 0.5) is 0 Å². The van der Waals surface area contributed by atoms with Gasteiger partial charge in [-0.25, -0.2) is 4.79 Å². The minimum absolute atomic E-state index is 0.00957. The summed E-state index contributed by atoms with van der Waals surface area (Å²) in [5.41, 5.74) is 0. The number of carboxylic acid groups (broad SMARTS) is 2. The number of nitrogens with one attached hydrogen (secondary N) is 4. The summed E-state index contributed by atoms with van der Waals surface area (Å²) in [7, 11) is 0. The van der Waals surface area contributed by atoms with Gasteiger partial charge >= 0.3 is 11.9 Å². The lowest BCUT2D eigenvalue weighted by Crippen LogP contribution is -2.41. The molecule has 4 amide bonds. The first-order valence-corrected chi connectivity index (χ1v) is 20.5. The summed E-state index contributed by atoms with van der Waals surface area (Å²) in [4.78, 5) is 69.9. The van der Waals surface area contributed by atoms with Crippen LogP contribution in [0.15, 0.2) is 0 Å². The number of hydrogen-bond acceptors (Lipinski definition) is 10. The Kier molecular flexibility index (Phi) is 36.6. The number of carboxylic acids is 2. The number of carbonyl (C=O) groups is 6. The third-order valence-corrected chi connectivity index (χ3v) is 8.54. The molecule has 6 N–H and O–H groups in total. The van der Waals surface area contributed by atoms with Crippen LogP contribution < -0.4 is 21.3 Å². The zero-order chi connectivity index (χ0) is 40.6. The molecule has 0 aromatic carbocycles. The number of unbranched alkanes of at least 4 members (excludes halogenated alkanes) is 14. The van der Waals surface area contributed by atoms with Crippen LogP contribution in [0.3, 0.4) is 0 Å². The van der Waals surface area contributed by atoms with Crippen LogP contribution in [0, 0.1) is 0 Å². The van der Waals surface area contributed by atoms with Crippen LogP contribution in [0.2, 0.25) is 0 Å². The Bertz CT molecular complexity index is 1020. The molecule has 55 heavy (non-hydrogen) atoms. The van der Waals surface area contributed by atoms with E-state index in [9.17, 15) is 33.9 Å². The summed E-state index contributed by atoms with van der Waals surface area (Å²) in [5, 5.41) is 28.7. The summed E-state index contributed by atoms with van der Waals surface area (Å²) < 4.78 is 21.2. The third-order valence-electron chi connectivity index (χ3n) is 8.54. The van der Waals surface area contributed by atoms with E-state index in [0.29, 0.717) is 32.7 Å². The number of rotatable bonds is 41. The molecule has 0 aliphatic rings. The molecular weight excluding hydrogens is 716 g/mol. The summed E-state index contributed by atoms with van der Waals surface area (Å²) >= 11 is 0. The van der Waals surface area contributed by atoms with Crippen molar-refractivity contribution in [3.05, 3.63) is 0 Å². The maximum Gasteiger partial charge on any atom is 0.326 e. The van der Waals surface area contributed by atoms with Crippen LogP contribution in [0.5, 0.6) is 0 Å². The van der Waals surface area contributed by atoms with Crippen LogP contribution >= 0.6 is 0 Å². The SMILES string of the molecule is CCCCNC(=O)COCCOCCNC(=O)COCCOCCNC(=O)CCC(NC(=O)CCCCCCCCCCCCCCCCC(=O)O)C(=O)O. The molecule has 0 aromatic rings. The first-order chi connectivity index (χ1) is 26.6. The second-order valence-corrected chi connectivity index (χ2v) is 13.6. The molecule has 0 fully saturated rings. The van der Waals surface area contributed by atoms with E-state index in [1.165, 1.54) is 44.9 Å². The van der Waals surface area contributed by atoms with Gasteiger partial charge in [0.1, 0.15) is 19.3 Å². The van der Waals surface area contributed by atoms with Crippen molar-refractivity contribution < 1.29 is 57.9 Å². The van der Waals surface area contributed by atoms with Gasteiger partial charge in [-0.1, -0.05) is 90.4 Å². The fourth-order valence-corrected chi connectivity index (χ4v) is 5.37. The molecule has 0 aliphatic carbocycles. The summed E-state index contributed by atoms with van der Waals surface area (Å²) in [6, 6.07) is -1.13. The smallest absolute Gasteiger partial charge is 0.326 e. The van der Waals surface area contributed by atoms with Crippen LogP contribution in [0.25, 0.3) is 0 Å². The van der Waals surface area contributed by atoms with Crippen molar-refractivity contribution in [1.82, 2.24) is 21.3 Å². The highest BCUT2D eigenvalue weighted by Gasteiger charge is 2.20. The van der Waals surface area contributed by atoms with Crippen molar-refractivity contribution in [3.63, 3.8) is 0 Å². The summed E-state index contributed by atoms with van der Waals surface area (Å²) in [6.45, 7) is 4.57. The van der Waals surface area contributed by atoms with Gasteiger partial charge in [-0.05, 0) is 25.7 Å². The third kappa shape index (κ3) is 38.7. The lowest BCUT2D eigenvalue weighted by molar-refractivity contribution is -0.142. The van der Waals surface area contributed by atoms with Gasteiger partial charge in [-0.2, -0.15) is 0 Å². The molecule has 1 unspecified atom stereocenters. The van der Waals surface area contributed by atoms with Gasteiger partial charge in [0.05, 0.1) is 39.6 Å². The molecular formula is C39H72N4O12. The lowest BCUT2D eigenvalue weighted by Gasteiger charge is -2.14. The Hall–Kier alpha value is -3.34. The molecule has 1 atom stereocenters. The van der Waals surface area contributed by atoms with Crippen LogP contribution in [-0.2, 0) is 47.7 Å². The zero-order valence-electron chi connectivity index (χ0n) is 33.5. The fourth-order valence-electron chi connectivity index (χ4n) is 5.37. The Morgan fingerprint density at radius 1 is 0.455 bits per heavy atom. The van der Waals surface area contributed by atoms with Crippen molar-refractivity contribution >= 4 is 35.6 Å². The molecule has 0 aliphatic heterocycles. The number of aliphatic carboxylic acids is 2. The molecule has 16 heteroatoms. The van der Waals surface area contributed by atoms with Gasteiger partial charge in [0.15, 0.2) is 0 Å². The molecule has 0 saturated heterocycles. The zero-order valence-corrected chi connectivity index (χ0v) is 33.5. The van der Waals surface area contributed by atoms with Crippen molar-refractivity contribution in [2.75, 3.05) is 72.5 Å². The predicted octanol–water partition coefficient (Wildman–Crippen LogP) is 3.88. The molecule has 0 heterocycles. The molecule has 0 saturated carbocycles. The Morgan fingerprint density at radius 3 is 1.33 bits per heavy atom. The average Bonchev–Trinajstić information content (AvgIpc) is 3.15. The molecule has 16 nitrogen and oxygen atoms in total. The Labute approximate surface area is 328 Å².